The highest BCUT2D eigenvalue weighted by molar-refractivity contribution is 7.92. The topological polar surface area (TPSA) is 96.0 Å². The Morgan fingerprint density at radius 2 is 1.64 bits per heavy atom. The van der Waals surface area contributed by atoms with Crippen molar-refractivity contribution in [2.75, 3.05) is 24.5 Å². The molecule has 0 saturated carbocycles. The molecule has 0 unspecified atom stereocenters. The first-order chi connectivity index (χ1) is 19.9. The Labute approximate surface area is 258 Å². The molecule has 0 fully saturated rings. The minimum absolute atomic E-state index is 0.00761. The quantitative estimate of drug-likeness (QED) is 0.246. The van der Waals surface area contributed by atoms with Gasteiger partial charge in [-0.1, -0.05) is 79.9 Å². The fourth-order valence-corrected chi connectivity index (χ4v) is 6.11. The lowest BCUT2D eigenvalue weighted by molar-refractivity contribution is -0.140. The standard InChI is InChI=1S/C31H37Cl2N3O5S/c1-6-27(31(38)34-18-21(2)3)35(19-23-13-16-25(32)26(33)17-23)30(37)20-36(28-9-7-8-10-29(28)41-5)42(39,40)24-14-11-22(4)12-15-24/h7-17,21,27H,6,18-20H2,1-5H3,(H,34,38)/t27-/m0/s1. The monoisotopic (exact) mass is 633 g/mol. The van der Waals surface area contributed by atoms with E-state index in [-0.39, 0.29) is 34.7 Å². The smallest absolute Gasteiger partial charge is 0.264 e. The average molecular weight is 635 g/mol. The summed E-state index contributed by atoms with van der Waals surface area (Å²) in [5.74, 6) is -0.427. The van der Waals surface area contributed by atoms with E-state index in [1.165, 1.54) is 24.1 Å². The number of nitrogens with zero attached hydrogens (tertiary/aromatic N) is 2. The van der Waals surface area contributed by atoms with Crippen LogP contribution in [0.2, 0.25) is 10.0 Å². The first-order valence-electron chi connectivity index (χ1n) is 13.6. The van der Waals surface area contributed by atoms with Gasteiger partial charge in [0.1, 0.15) is 18.3 Å². The van der Waals surface area contributed by atoms with E-state index >= 15 is 0 Å². The molecule has 0 aliphatic carbocycles. The lowest BCUT2D eigenvalue weighted by Crippen LogP contribution is -2.52. The van der Waals surface area contributed by atoms with Gasteiger partial charge in [0.25, 0.3) is 10.0 Å². The third kappa shape index (κ3) is 8.18. The van der Waals surface area contributed by atoms with Crippen molar-refractivity contribution in [3.8, 4) is 5.75 Å². The van der Waals surface area contributed by atoms with Crippen LogP contribution in [-0.4, -0.2) is 51.4 Å². The number of nitrogens with one attached hydrogen (secondary N) is 1. The normalized spacial score (nSPS) is 12.1. The molecule has 0 aliphatic heterocycles. The van der Waals surface area contributed by atoms with Gasteiger partial charge in [-0.2, -0.15) is 0 Å². The molecular formula is C31H37Cl2N3O5S. The van der Waals surface area contributed by atoms with Crippen molar-refractivity contribution in [1.29, 1.82) is 0 Å². The molecule has 0 aliphatic rings. The number of para-hydroxylation sites is 2. The number of aryl methyl sites for hydroxylation is 1. The number of carbonyl (C=O) groups excluding carboxylic acids is 2. The predicted molar refractivity (Wildman–Crippen MR) is 168 cm³/mol. The molecular weight excluding hydrogens is 597 g/mol. The maximum absolute atomic E-state index is 14.2. The molecule has 1 N–H and O–H groups in total. The van der Waals surface area contributed by atoms with Gasteiger partial charge < -0.3 is 15.0 Å². The van der Waals surface area contributed by atoms with Crippen LogP contribution in [-0.2, 0) is 26.2 Å². The van der Waals surface area contributed by atoms with E-state index < -0.39 is 28.5 Å². The molecule has 3 rings (SSSR count). The summed E-state index contributed by atoms with van der Waals surface area (Å²) in [4.78, 5) is 28.9. The van der Waals surface area contributed by atoms with E-state index in [4.69, 9.17) is 27.9 Å². The second kappa shape index (κ2) is 14.8. The van der Waals surface area contributed by atoms with E-state index in [0.29, 0.717) is 28.6 Å². The maximum Gasteiger partial charge on any atom is 0.264 e. The number of carbonyl (C=O) groups is 2. The molecule has 3 aromatic carbocycles. The number of hydrogen-bond donors (Lipinski definition) is 1. The Kier molecular flexibility index (Phi) is 11.7. The first kappa shape index (κ1) is 33.2. The number of amides is 2. The van der Waals surface area contributed by atoms with Crippen molar-refractivity contribution in [2.45, 2.75) is 51.6 Å². The highest BCUT2D eigenvalue weighted by atomic mass is 35.5. The van der Waals surface area contributed by atoms with Crippen molar-refractivity contribution < 1.29 is 22.7 Å². The molecule has 0 spiro atoms. The number of benzene rings is 3. The summed E-state index contributed by atoms with van der Waals surface area (Å²) < 4.78 is 34.6. The lowest BCUT2D eigenvalue weighted by Gasteiger charge is -2.33. The third-order valence-corrected chi connectivity index (χ3v) is 9.16. The third-order valence-electron chi connectivity index (χ3n) is 6.65. The van der Waals surface area contributed by atoms with Gasteiger partial charge in [-0.25, -0.2) is 8.42 Å². The molecule has 3 aromatic rings. The highest BCUT2D eigenvalue weighted by Gasteiger charge is 2.34. The zero-order valence-electron chi connectivity index (χ0n) is 24.4. The van der Waals surface area contributed by atoms with Crippen molar-refractivity contribution in [3.63, 3.8) is 0 Å². The Bertz CT molecular complexity index is 1500. The van der Waals surface area contributed by atoms with Gasteiger partial charge in [-0.3, -0.25) is 13.9 Å². The summed E-state index contributed by atoms with van der Waals surface area (Å²) >= 11 is 12.4. The molecule has 0 heterocycles. The van der Waals surface area contributed by atoms with E-state index in [1.54, 1.807) is 61.5 Å². The minimum atomic E-state index is -4.22. The Morgan fingerprint density at radius 1 is 0.976 bits per heavy atom. The zero-order chi connectivity index (χ0) is 31.0. The number of sulfonamides is 1. The number of ether oxygens (including phenoxy) is 1. The molecule has 1 atom stereocenters. The van der Waals surface area contributed by atoms with E-state index in [0.717, 1.165) is 9.87 Å². The molecule has 0 saturated heterocycles. The Morgan fingerprint density at radius 3 is 2.24 bits per heavy atom. The van der Waals surface area contributed by atoms with Crippen LogP contribution >= 0.6 is 23.2 Å². The number of methoxy groups -OCH3 is 1. The van der Waals surface area contributed by atoms with Crippen LogP contribution in [0.4, 0.5) is 5.69 Å². The van der Waals surface area contributed by atoms with E-state index in [2.05, 4.69) is 5.32 Å². The van der Waals surface area contributed by atoms with Crippen LogP contribution in [0.3, 0.4) is 0 Å². The molecule has 0 radical (unpaired) electrons. The lowest BCUT2D eigenvalue weighted by atomic mass is 10.1. The molecule has 0 bridgehead atoms. The fraction of sp³-hybridized carbons (Fsp3) is 0.355. The number of hydrogen-bond acceptors (Lipinski definition) is 5. The number of rotatable bonds is 13. The average Bonchev–Trinajstić information content (AvgIpc) is 2.96. The van der Waals surface area contributed by atoms with Gasteiger partial charge >= 0.3 is 0 Å². The van der Waals surface area contributed by atoms with Gasteiger partial charge in [-0.15, -0.1) is 0 Å². The van der Waals surface area contributed by atoms with Crippen molar-refractivity contribution in [2.24, 2.45) is 5.92 Å². The second-order valence-corrected chi connectivity index (χ2v) is 13.0. The molecule has 42 heavy (non-hydrogen) atoms. The van der Waals surface area contributed by atoms with Crippen LogP contribution in [0.1, 0.15) is 38.3 Å². The van der Waals surface area contributed by atoms with Crippen molar-refractivity contribution in [3.05, 3.63) is 87.9 Å². The summed E-state index contributed by atoms with van der Waals surface area (Å²) in [6, 6.07) is 17.1. The van der Waals surface area contributed by atoms with E-state index in [1.807, 2.05) is 20.8 Å². The molecule has 2 amide bonds. The van der Waals surface area contributed by atoms with Crippen LogP contribution in [0.25, 0.3) is 0 Å². The van der Waals surface area contributed by atoms with Gasteiger partial charge in [0.05, 0.1) is 27.7 Å². The summed E-state index contributed by atoms with van der Waals surface area (Å²) in [5.41, 5.74) is 1.72. The van der Waals surface area contributed by atoms with Crippen LogP contribution in [0.15, 0.2) is 71.6 Å². The molecule has 8 nitrogen and oxygen atoms in total. The predicted octanol–water partition coefficient (Wildman–Crippen LogP) is 6.09. The highest BCUT2D eigenvalue weighted by Crippen LogP contribution is 2.33. The summed E-state index contributed by atoms with van der Waals surface area (Å²) in [7, 11) is -2.79. The minimum Gasteiger partial charge on any atom is -0.495 e. The Hall–Kier alpha value is -3.27. The van der Waals surface area contributed by atoms with Gasteiger partial charge in [-0.05, 0) is 61.2 Å². The largest absolute Gasteiger partial charge is 0.495 e. The number of anilines is 1. The second-order valence-electron chi connectivity index (χ2n) is 10.3. The fourth-order valence-electron chi connectivity index (χ4n) is 4.36. The summed E-state index contributed by atoms with van der Waals surface area (Å²) in [6.07, 6.45) is 0.302. The summed E-state index contributed by atoms with van der Waals surface area (Å²) in [6.45, 7) is 7.46. The van der Waals surface area contributed by atoms with Crippen LogP contribution < -0.4 is 14.4 Å². The van der Waals surface area contributed by atoms with Gasteiger partial charge in [0.15, 0.2) is 0 Å². The van der Waals surface area contributed by atoms with Crippen LogP contribution in [0, 0.1) is 12.8 Å². The molecule has 226 valence electrons. The SMILES string of the molecule is CC[C@@H](C(=O)NCC(C)C)N(Cc1ccc(Cl)c(Cl)c1)C(=O)CN(c1ccccc1OC)S(=O)(=O)c1ccc(C)cc1. The zero-order valence-corrected chi connectivity index (χ0v) is 26.8. The first-order valence-corrected chi connectivity index (χ1v) is 15.8. The number of halogens is 2. The Balaban J connectivity index is 2.10. The molecule has 11 heteroatoms. The maximum atomic E-state index is 14.2. The van der Waals surface area contributed by atoms with Crippen molar-refractivity contribution in [1.82, 2.24) is 10.2 Å². The summed E-state index contributed by atoms with van der Waals surface area (Å²) in [5, 5.41) is 3.56. The van der Waals surface area contributed by atoms with Crippen LogP contribution in [0.5, 0.6) is 5.75 Å². The molecule has 0 aromatic heterocycles. The van der Waals surface area contributed by atoms with Gasteiger partial charge in [0, 0.05) is 13.1 Å². The van der Waals surface area contributed by atoms with Crippen molar-refractivity contribution >= 4 is 50.7 Å². The van der Waals surface area contributed by atoms with E-state index in [9.17, 15) is 18.0 Å². The van der Waals surface area contributed by atoms with Gasteiger partial charge in [0.2, 0.25) is 11.8 Å².